The quantitative estimate of drug-likeness (QED) is 0.566. The molecule has 0 aliphatic heterocycles. The second kappa shape index (κ2) is 11.9. The third-order valence-corrected chi connectivity index (χ3v) is 2.98. The smallest absolute Gasteiger partial charge is 0.0649 e. The zero-order valence-electron chi connectivity index (χ0n) is 11.2. The van der Waals surface area contributed by atoms with E-state index in [1.807, 2.05) is 0 Å². The van der Waals surface area contributed by atoms with Crippen molar-refractivity contribution < 1.29 is 9.84 Å². The first kappa shape index (κ1) is 16.4. The molecule has 100 valence electrons. The lowest BCUT2D eigenvalue weighted by Gasteiger charge is -2.24. The van der Waals surface area contributed by atoms with Crippen LogP contribution in [0.3, 0.4) is 0 Å². The van der Waals surface area contributed by atoms with E-state index >= 15 is 0 Å². The molecule has 1 fully saturated rings. The summed E-state index contributed by atoms with van der Waals surface area (Å²) in [6.07, 6.45) is 10.7. The molecule has 17 heavy (non-hydrogen) atoms. The first-order valence-corrected chi connectivity index (χ1v) is 6.72. The summed E-state index contributed by atoms with van der Waals surface area (Å²) in [6, 6.07) is 0. The number of ether oxygens (including phenoxy) is 1. The van der Waals surface area contributed by atoms with Crippen LogP contribution in [0.2, 0.25) is 0 Å². The van der Waals surface area contributed by atoms with E-state index in [2.05, 4.69) is 20.1 Å². The van der Waals surface area contributed by atoms with Gasteiger partial charge in [0, 0.05) is 0 Å². The first-order chi connectivity index (χ1) is 8.24. The van der Waals surface area contributed by atoms with Gasteiger partial charge in [0.05, 0.1) is 19.3 Å². The van der Waals surface area contributed by atoms with Crippen molar-refractivity contribution >= 4 is 0 Å². The van der Waals surface area contributed by atoms with Gasteiger partial charge in [-0.05, 0) is 31.6 Å². The molecule has 0 radical (unpaired) electrons. The molecule has 0 aromatic rings. The first-order valence-electron chi connectivity index (χ1n) is 6.72. The van der Waals surface area contributed by atoms with E-state index in [1.165, 1.54) is 25.7 Å². The van der Waals surface area contributed by atoms with Crippen LogP contribution < -0.4 is 0 Å². The fourth-order valence-corrected chi connectivity index (χ4v) is 2.08. The Morgan fingerprint density at radius 2 is 1.65 bits per heavy atom. The molecule has 0 spiro atoms. The second-order valence-corrected chi connectivity index (χ2v) is 4.58. The summed E-state index contributed by atoms with van der Waals surface area (Å²) in [7, 11) is 0. The van der Waals surface area contributed by atoms with E-state index in [-0.39, 0.29) is 6.10 Å². The molecule has 0 aromatic carbocycles. The molecule has 0 amide bonds. The van der Waals surface area contributed by atoms with Crippen LogP contribution in [-0.4, -0.2) is 24.4 Å². The van der Waals surface area contributed by atoms with Gasteiger partial charge in [-0.1, -0.05) is 31.9 Å². The molecule has 0 aromatic heterocycles. The van der Waals surface area contributed by atoms with E-state index < -0.39 is 0 Å². The number of hydrogen-bond acceptors (Lipinski definition) is 2. The zero-order valence-corrected chi connectivity index (χ0v) is 11.2. The summed E-state index contributed by atoms with van der Waals surface area (Å²) in [5, 5.41) is 9.20. The summed E-state index contributed by atoms with van der Waals surface area (Å²) in [6.45, 7) is 10.4. The van der Waals surface area contributed by atoms with E-state index in [0.717, 1.165) is 18.8 Å². The van der Waals surface area contributed by atoms with Gasteiger partial charge in [-0.15, -0.1) is 13.2 Å². The summed E-state index contributed by atoms with van der Waals surface area (Å²) >= 11 is 0. The van der Waals surface area contributed by atoms with Crippen molar-refractivity contribution in [3.8, 4) is 0 Å². The zero-order chi connectivity index (χ0) is 12.9. The van der Waals surface area contributed by atoms with Gasteiger partial charge in [-0.25, -0.2) is 0 Å². The molecule has 1 N–H and O–H groups in total. The predicted molar refractivity (Wildman–Crippen MR) is 74.1 cm³/mol. The van der Waals surface area contributed by atoms with Crippen LogP contribution >= 0.6 is 0 Å². The Morgan fingerprint density at radius 3 is 2.06 bits per heavy atom. The van der Waals surface area contributed by atoms with Gasteiger partial charge < -0.3 is 9.84 Å². The lowest BCUT2D eigenvalue weighted by atomic mass is 9.85. The molecule has 0 heterocycles. The molecule has 1 aliphatic carbocycles. The third kappa shape index (κ3) is 10.3. The fourth-order valence-electron chi connectivity index (χ4n) is 2.08. The minimum absolute atomic E-state index is 0.0214. The Hall–Kier alpha value is -0.600. The maximum absolute atomic E-state index is 9.20. The van der Waals surface area contributed by atoms with E-state index in [0.29, 0.717) is 13.2 Å². The Kier molecular flexibility index (Phi) is 11.5. The van der Waals surface area contributed by atoms with Crippen molar-refractivity contribution in [2.45, 2.75) is 51.6 Å². The van der Waals surface area contributed by atoms with E-state index in [9.17, 15) is 5.11 Å². The van der Waals surface area contributed by atoms with Gasteiger partial charge in [0.15, 0.2) is 0 Å². The molecule has 0 unspecified atom stereocenters. The predicted octanol–water partition coefficient (Wildman–Crippen LogP) is 3.71. The van der Waals surface area contributed by atoms with Crippen LogP contribution in [0.1, 0.15) is 45.4 Å². The van der Waals surface area contributed by atoms with Crippen molar-refractivity contribution in [2.24, 2.45) is 5.92 Å². The minimum atomic E-state index is 0.0214. The normalized spacial score (nSPS) is 23.4. The monoisotopic (exact) mass is 240 g/mol. The largest absolute Gasteiger partial charge is 0.393 e. The fraction of sp³-hybridized carbons (Fsp3) is 0.733. The molecule has 0 bridgehead atoms. The van der Waals surface area contributed by atoms with Gasteiger partial charge in [0.2, 0.25) is 0 Å². The highest BCUT2D eigenvalue weighted by Crippen LogP contribution is 2.27. The van der Waals surface area contributed by atoms with Crippen LogP contribution in [0.25, 0.3) is 0 Å². The van der Waals surface area contributed by atoms with E-state index in [1.54, 1.807) is 12.2 Å². The lowest BCUT2D eigenvalue weighted by molar-refractivity contribution is 0.106. The van der Waals surface area contributed by atoms with Crippen LogP contribution in [0, 0.1) is 5.92 Å². The minimum Gasteiger partial charge on any atom is -0.393 e. The average Bonchev–Trinajstić information content (AvgIpc) is 2.34. The van der Waals surface area contributed by atoms with Gasteiger partial charge in [0.25, 0.3) is 0 Å². The third-order valence-electron chi connectivity index (χ3n) is 2.98. The van der Waals surface area contributed by atoms with Crippen molar-refractivity contribution in [1.82, 2.24) is 0 Å². The Labute approximate surface area is 106 Å². The van der Waals surface area contributed by atoms with Crippen molar-refractivity contribution in [3.63, 3.8) is 0 Å². The van der Waals surface area contributed by atoms with Gasteiger partial charge in [0.1, 0.15) is 0 Å². The van der Waals surface area contributed by atoms with E-state index in [4.69, 9.17) is 4.74 Å². The summed E-state index contributed by atoms with van der Waals surface area (Å²) in [4.78, 5) is 0. The molecule has 0 saturated heterocycles. The molecule has 1 rings (SSSR count). The van der Waals surface area contributed by atoms with Crippen LogP contribution in [-0.2, 0) is 4.74 Å². The van der Waals surface area contributed by atoms with Crippen molar-refractivity contribution in [1.29, 1.82) is 0 Å². The average molecular weight is 240 g/mol. The van der Waals surface area contributed by atoms with Crippen molar-refractivity contribution in [3.05, 3.63) is 25.3 Å². The maximum atomic E-state index is 9.20. The molecule has 1 saturated carbocycles. The van der Waals surface area contributed by atoms with Crippen LogP contribution in [0.15, 0.2) is 25.3 Å². The molecule has 2 nitrogen and oxygen atoms in total. The molecule has 1 aliphatic rings. The molecular weight excluding hydrogens is 212 g/mol. The van der Waals surface area contributed by atoms with Gasteiger partial charge in [-0.2, -0.15) is 0 Å². The molecule has 0 atom stereocenters. The highest BCUT2D eigenvalue weighted by molar-refractivity contribution is 4.70. The highest BCUT2D eigenvalue weighted by atomic mass is 16.5. The summed E-state index contributed by atoms with van der Waals surface area (Å²) in [5.74, 6) is 0.924. The standard InChI is InChI=1S/C9H18O.C6H10O/c1-2-3-8-4-6-9(10)7-5-8;1-3-5-7-6-4-2/h8-10H,2-7H2,1H3;3-4H,1-2,5-6H2. The number of aliphatic hydroxyl groups excluding tert-OH is 1. The molecular formula is C15H28O2. The summed E-state index contributed by atoms with van der Waals surface area (Å²) < 4.78 is 4.90. The van der Waals surface area contributed by atoms with Crippen molar-refractivity contribution in [2.75, 3.05) is 13.2 Å². The Bertz CT molecular complexity index is 173. The highest BCUT2D eigenvalue weighted by Gasteiger charge is 2.17. The lowest BCUT2D eigenvalue weighted by Crippen LogP contribution is -2.17. The van der Waals surface area contributed by atoms with Gasteiger partial charge in [-0.3, -0.25) is 0 Å². The number of aliphatic hydroxyl groups is 1. The number of rotatable bonds is 6. The molecule has 2 heteroatoms. The van der Waals surface area contributed by atoms with Gasteiger partial charge >= 0.3 is 0 Å². The van der Waals surface area contributed by atoms with Crippen LogP contribution in [0.4, 0.5) is 0 Å². The SMILES string of the molecule is C=CCOCC=C.CCCC1CCC(O)CC1. The Morgan fingerprint density at radius 1 is 1.12 bits per heavy atom. The Balaban J connectivity index is 0.000000325. The second-order valence-electron chi connectivity index (χ2n) is 4.58. The topological polar surface area (TPSA) is 29.5 Å². The number of hydrogen-bond donors (Lipinski definition) is 1. The summed E-state index contributed by atoms with van der Waals surface area (Å²) in [5.41, 5.74) is 0. The maximum Gasteiger partial charge on any atom is 0.0649 e. The van der Waals surface area contributed by atoms with Crippen LogP contribution in [0.5, 0.6) is 0 Å².